The van der Waals surface area contributed by atoms with Crippen LogP contribution in [0.15, 0.2) is 12.1 Å². The Balaban J connectivity index is 1.92. The molecule has 1 aliphatic carbocycles. The molecule has 18 heavy (non-hydrogen) atoms. The maximum atomic E-state index is 6.39. The van der Waals surface area contributed by atoms with Crippen molar-refractivity contribution < 1.29 is 4.74 Å². The van der Waals surface area contributed by atoms with E-state index < -0.39 is 0 Å². The largest absolute Gasteiger partial charge is 0.489 e. The summed E-state index contributed by atoms with van der Waals surface area (Å²) in [6, 6.07) is 4.28. The van der Waals surface area contributed by atoms with Gasteiger partial charge >= 0.3 is 0 Å². The van der Waals surface area contributed by atoms with Gasteiger partial charge in [-0.25, -0.2) is 0 Å². The van der Waals surface area contributed by atoms with E-state index in [0.717, 1.165) is 23.9 Å². The number of benzene rings is 1. The maximum absolute atomic E-state index is 6.39. The second-order valence-corrected chi connectivity index (χ2v) is 5.91. The molecule has 0 aromatic heterocycles. The van der Waals surface area contributed by atoms with Crippen molar-refractivity contribution >= 4 is 11.6 Å². The third-order valence-electron chi connectivity index (χ3n) is 3.80. The Morgan fingerprint density at radius 2 is 1.89 bits per heavy atom. The minimum atomic E-state index is 0.408. The Bertz CT molecular complexity index is 436. The van der Waals surface area contributed by atoms with Gasteiger partial charge < -0.3 is 10.1 Å². The van der Waals surface area contributed by atoms with E-state index in [2.05, 4.69) is 18.3 Å². The van der Waals surface area contributed by atoms with Gasteiger partial charge in [-0.3, -0.25) is 0 Å². The highest BCUT2D eigenvalue weighted by Gasteiger charge is 2.28. The monoisotopic (exact) mass is 265 g/mol. The fourth-order valence-electron chi connectivity index (χ4n) is 2.67. The zero-order valence-electron chi connectivity index (χ0n) is 10.8. The summed E-state index contributed by atoms with van der Waals surface area (Å²) in [7, 11) is 0. The summed E-state index contributed by atoms with van der Waals surface area (Å²) in [5.41, 5.74) is 2.56. The summed E-state index contributed by atoms with van der Waals surface area (Å²) >= 11 is 6.39. The summed E-state index contributed by atoms with van der Waals surface area (Å²) in [5.74, 6) is 1.55. The number of hydrogen-bond donors (Lipinski definition) is 1. The SMILES string of the molecule is Cc1cc(Cl)c(OC2CC2)c(C2CCNCC2)c1. The first-order chi connectivity index (χ1) is 8.74. The second kappa shape index (κ2) is 5.10. The third-order valence-corrected chi connectivity index (χ3v) is 4.09. The van der Waals surface area contributed by atoms with Gasteiger partial charge in [0.05, 0.1) is 11.1 Å². The molecule has 1 saturated heterocycles. The predicted octanol–water partition coefficient (Wildman–Crippen LogP) is 3.66. The summed E-state index contributed by atoms with van der Waals surface area (Å²) in [5, 5.41) is 4.20. The van der Waals surface area contributed by atoms with Gasteiger partial charge in [0.15, 0.2) is 0 Å². The first-order valence-corrected chi connectivity index (χ1v) is 7.29. The molecule has 1 heterocycles. The van der Waals surface area contributed by atoms with Crippen LogP contribution >= 0.6 is 11.6 Å². The first-order valence-electron chi connectivity index (χ1n) is 6.91. The fourth-order valence-corrected chi connectivity index (χ4v) is 2.99. The number of piperidine rings is 1. The summed E-state index contributed by atoms with van der Waals surface area (Å²) in [6.45, 7) is 4.30. The molecule has 1 saturated carbocycles. The molecule has 0 amide bonds. The standard InChI is InChI=1S/C15H20ClNO/c1-10-8-13(11-4-6-17-7-5-11)15(14(16)9-10)18-12-2-3-12/h8-9,11-12,17H,2-7H2,1H3. The molecule has 2 nitrogen and oxygen atoms in total. The Labute approximate surface area is 114 Å². The van der Waals surface area contributed by atoms with E-state index in [1.807, 2.05) is 6.07 Å². The third kappa shape index (κ3) is 2.65. The van der Waals surface area contributed by atoms with Crippen LogP contribution < -0.4 is 10.1 Å². The highest BCUT2D eigenvalue weighted by molar-refractivity contribution is 6.32. The van der Waals surface area contributed by atoms with E-state index >= 15 is 0 Å². The molecule has 0 unspecified atom stereocenters. The van der Waals surface area contributed by atoms with Crippen LogP contribution in [0, 0.1) is 6.92 Å². The van der Waals surface area contributed by atoms with Crippen molar-refractivity contribution in [2.24, 2.45) is 0 Å². The zero-order valence-corrected chi connectivity index (χ0v) is 11.6. The maximum Gasteiger partial charge on any atom is 0.141 e. The minimum absolute atomic E-state index is 0.408. The Kier molecular flexibility index (Phi) is 3.49. The molecule has 0 spiro atoms. The smallest absolute Gasteiger partial charge is 0.141 e. The highest BCUT2D eigenvalue weighted by Crippen LogP contribution is 2.41. The lowest BCUT2D eigenvalue weighted by Gasteiger charge is -2.26. The van der Waals surface area contributed by atoms with Crippen LogP contribution in [-0.4, -0.2) is 19.2 Å². The van der Waals surface area contributed by atoms with Gasteiger partial charge in [-0.1, -0.05) is 17.7 Å². The Morgan fingerprint density at radius 1 is 1.17 bits per heavy atom. The van der Waals surface area contributed by atoms with Crippen LogP contribution in [0.4, 0.5) is 0 Å². The number of nitrogens with one attached hydrogen (secondary N) is 1. The summed E-state index contributed by atoms with van der Waals surface area (Å²) in [4.78, 5) is 0. The zero-order chi connectivity index (χ0) is 12.5. The van der Waals surface area contributed by atoms with E-state index in [1.54, 1.807) is 0 Å². The van der Waals surface area contributed by atoms with E-state index in [9.17, 15) is 0 Å². The molecular weight excluding hydrogens is 246 g/mol. The molecule has 0 radical (unpaired) electrons. The van der Waals surface area contributed by atoms with Crippen LogP contribution in [0.3, 0.4) is 0 Å². The van der Waals surface area contributed by atoms with Crippen LogP contribution in [0.1, 0.15) is 42.7 Å². The van der Waals surface area contributed by atoms with Gasteiger partial charge in [-0.2, -0.15) is 0 Å². The molecule has 0 atom stereocenters. The van der Waals surface area contributed by atoms with Gasteiger partial charge in [0.25, 0.3) is 0 Å². The molecule has 1 N–H and O–H groups in total. The predicted molar refractivity (Wildman–Crippen MR) is 74.7 cm³/mol. The average molecular weight is 266 g/mol. The number of hydrogen-bond acceptors (Lipinski definition) is 2. The number of rotatable bonds is 3. The summed E-state index contributed by atoms with van der Waals surface area (Å²) < 4.78 is 6.04. The minimum Gasteiger partial charge on any atom is -0.489 e. The normalized spacial score (nSPS) is 21.0. The second-order valence-electron chi connectivity index (χ2n) is 5.51. The molecule has 2 fully saturated rings. The van der Waals surface area contributed by atoms with E-state index in [4.69, 9.17) is 16.3 Å². The molecular formula is C15H20ClNO. The van der Waals surface area contributed by atoms with Gasteiger partial charge in [-0.05, 0) is 68.8 Å². The van der Waals surface area contributed by atoms with Gasteiger partial charge in [0, 0.05) is 0 Å². The summed E-state index contributed by atoms with van der Waals surface area (Å²) in [6.07, 6.45) is 5.12. The number of ether oxygens (including phenoxy) is 1. The van der Waals surface area contributed by atoms with Crippen LogP contribution in [0.5, 0.6) is 5.75 Å². The van der Waals surface area contributed by atoms with E-state index in [0.29, 0.717) is 12.0 Å². The first kappa shape index (κ1) is 12.3. The lowest BCUT2D eigenvalue weighted by molar-refractivity contribution is 0.295. The van der Waals surface area contributed by atoms with Crippen molar-refractivity contribution in [2.75, 3.05) is 13.1 Å². The molecule has 3 heteroatoms. The number of halogens is 1. The molecule has 98 valence electrons. The topological polar surface area (TPSA) is 21.3 Å². The van der Waals surface area contributed by atoms with Crippen molar-refractivity contribution in [3.63, 3.8) is 0 Å². The average Bonchev–Trinajstić information content (AvgIpc) is 3.17. The Morgan fingerprint density at radius 3 is 2.56 bits per heavy atom. The van der Waals surface area contributed by atoms with Crippen molar-refractivity contribution in [1.29, 1.82) is 0 Å². The Hall–Kier alpha value is -0.730. The van der Waals surface area contributed by atoms with Crippen molar-refractivity contribution in [3.05, 3.63) is 28.3 Å². The molecule has 0 bridgehead atoms. The quantitative estimate of drug-likeness (QED) is 0.901. The van der Waals surface area contributed by atoms with Crippen LogP contribution in [0.2, 0.25) is 5.02 Å². The van der Waals surface area contributed by atoms with Crippen molar-refractivity contribution in [2.45, 2.75) is 44.6 Å². The molecule has 3 rings (SSSR count). The van der Waals surface area contributed by atoms with Gasteiger partial charge in [-0.15, -0.1) is 0 Å². The van der Waals surface area contributed by atoms with Gasteiger partial charge in [0.1, 0.15) is 5.75 Å². The van der Waals surface area contributed by atoms with E-state index in [-0.39, 0.29) is 0 Å². The lowest BCUT2D eigenvalue weighted by Crippen LogP contribution is -2.27. The van der Waals surface area contributed by atoms with Crippen molar-refractivity contribution in [3.8, 4) is 5.75 Å². The molecule has 1 aliphatic heterocycles. The fraction of sp³-hybridized carbons (Fsp3) is 0.600. The van der Waals surface area contributed by atoms with Crippen LogP contribution in [0.25, 0.3) is 0 Å². The molecule has 1 aromatic rings. The van der Waals surface area contributed by atoms with E-state index in [1.165, 1.54) is 36.8 Å². The van der Waals surface area contributed by atoms with Crippen LogP contribution in [-0.2, 0) is 0 Å². The molecule has 1 aromatic carbocycles. The van der Waals surface area contributed by atoms with Gasteiger partial charge in [0.2, 0.25) is 0 Å². The number of aryl methyl sites for hydroxylation is 1. The lowest BCUT2D eigenvalue weighted by atomic mass is 9.88. The van der Waals surface area contributed by atoms with Crippen molar-refractivity contribution in [1.82, 2.24) is 5.32 Å². The molecule has 2 aliphatic rings. The highest BCUT2D eigenvalue weighted by atomic mass is 35.5.